The van der Waals surface area contributed by atoms with Gasteiger partial charge in [-0.05, 0) is 6.92 Å². The van der Waals surface area contributed by atoms with Gasteiger partial charge in [-0.25, -0.2) is 0 Å². The molecule has 13 N–H and O–H groups in total. The molecule has 4 fully saturated rings. The molecule has 290 valence electrons. The number of aliphatic hydroxyl groups excluding tert-OH is 11. The maximum atomic E-state index is 12.1. The number of carbonyl (C=O) groups excluding carboxylic acids is 2. The van der Waals surface area contributed by atoms with Gasteiger partial charge in [0, 0.05) is 13.8 Å². The van der Waals surface area contributed by atoms with Crippen LogP contribution in [-0.4, -0.2) is 211 Å². The minimum atomic E-state index is -1.95. The molecule has 22 nitrogen and oxygen atoms in total. The van der Waals surface area contributed by atoms with Crippen molar-refractivity contribution in [3.8, 4) is 0 Å². The van der Waals surface area contributed by atoms with E-state index in [2.05, 4.69) is 10.6 Å². The van der Waals surface area contributed by atoms with E-state index in [1.807, 2.05) is 0 Å². The number of carbonyl (C=O) groups is 2. The molecule has 4 aliphatic heterocycles. The predicted molar refractivity (Wildman–Crippen MR) is 156 cm³/mol. The smallest absolute Gasteiger partial charge is 0.217 e. The summed E-state index contributed by atoms with van der Waals surface area (Å²) in [6.07, 6.45) is -31.1. The van der Waals surface area contributed by atoms with Crippen LogP contribution >= 0.6 is 0 Å². The summed E-state index contributed by atoms with van der Waals surface area (Å²) in [4.78, 5) is 24.1. The third-order valence-electron chi connectivity index (χ3n) is 8.97. The lowest BCUT2D eigenvalue weighted by Gasteiger charge is -2.51. The van der Waals surface area contributed by atoms with Gasteiger partial charge in [-0.15, -0.1) is 0 Å². The first-order valence-electron chi connectivity index (χ1n) is 15.9. The molecule has 0 radical (unpaired) electrons. The SMILES string of the molecule is CC(=O)N[C@@H]1[C@@H](OC2O[C@H](CO)[C@H](O)[C@H](OC3O[C@H](CO)[C@H](O)[C@H](O)[C@H]3NC(C)=O)[C@H]2OC2O[C@@H](C)[C@@H](O)[C@@H](O)[C@@H]2O)[C@@H](O)[C@@H](CO)O[C@@H]1O. The molecular formula is C28H48N2O20. The van der Waals surface area contributed by atoms with E-state index in [1.165, 1.54) is 6.92 Å². The lowest BCUT2D eigenvalue weighted by atomic mass is 9.94. The van der Waals surface area contributed by atoms with Crippen molar-refractivity contribution in [2.24, 2.45) is 0 Å². The summed E-state index contributed by atoms with van der Waals surface area (Å²) in [5.41, 5.74) is 0. The van der Waals surface area contributed by atoms with Crippen LogP contribution in [0.5, 0.6) is 0 Å². The Labute approximate surface area is 285 Å². The van der Waals surface area contributed by atoms with Crippen LogP contribution in [-0.2, 0) is 42.7 Å². The summed E-state index contributed by atoms with van der Waals surface area (Å²) in [7, 11) is 0. The van der Waals surface area contributed by atoms with Gasteiger partial charge in [0.15, 0.2) is 25.2 Å². The second-order valence-electron chi connectivity index (χ2n) is 12.6. The van der Waals surface area contributed by atoms with Crippen LogP contribution in [0.3, 0.4) is 0 Å². The third kappa shape index (κ3) is 8.70. The van der Waals surface area contributed by atoms with E-state index in [-0.39, 0.29) is 0 Å². The van der Waals surface area contributed by atoms with Gasteiger partial charge in [0.2, 0.25) is 11.8 Å². The number of ether oxygens (including phenoxy) is 7. The van der Waals surface area contributed by atoms with Gasteiger partial charge in [-0.2, -0.15) is 0 Å². The normalized spacial score (nSPS) is 48.5. The van der Waals surface area contributed by atoms with E-state index in [4.69, 9.17) is 33.2 Å². The lowest BCUT2D eigenvalue weighted by molar-refractivity contribution is -0.396. The average molecular weight is 733 g/mol. The molecule has 0 saturated carbocycles. The highest BCUT2D eigenvalue weighted by Crippen LogP contribution is 2.36. The van der Waals surface area contributed by atoms with Crippen LogP contribution in [0.2, 0.25) is 0 Å². The predicted octanol–water partition coefficient (Wildman–Crippen LogP) is -8.43. The number of rotatable bonds is 11. The topological polar surface area (TPSA) is 345 Å². The zero-order chi connectivity index (χ0) is 37.2. The number of hydrogen-bond acceptors (Lipinski definition) is 20. The van der Waals surface area contributed by atoms with Crippen LogP contribution in [0, 0.1) is 0 Å². The Hall–Kier alpha value is -1.78. The van der Waals surface area contributed by atoms with Crippen molar-refractivity contribution in [1.82, 2.24) is 10.6 Å². The van der Waals surface area contributed by atoms with Crippen LogP contribution < -0.4 is 10.6 Å². The molecule has 4 saturated heterocycles. The van der Waals surface area contributed by atoms with E-state index < -0.39 is 154 Å². The Morgan fingerprint density at radius 2 is 1.00 bits per heavy atom. The summed E-state index contributed by atoms with van der Waals surface area (Å²) < 4.78 is 40.3. The van der Waals surface area contributed by atoms with Gasteiger partial charge >= 0.3 is 0 Å². The lowest BCUT2D eigenvalue weighted by Crippen LogP contribution is -2.70. The molecule has 0 aliphatic carbocycles. The van der Waals surface area contributed by atoms with Crippen molar-refractivity contribution in [3.05, 3.63) is 0 Å². The molecule has 22 heteroatoms. The highest BCUT2D eigenvalue weighted by molar-refractivity contribution is 5.73. The summed E-state index contributed by atoms with van der Waals surface area (Å²) in [6.45, 7) is 0.914. The van der Waals surface area contributed by atoms with Crippen molar-refractivity contribution in [1.29, 1.82) is 0 Å². The quantitative estimate of drug-likeness (QED) is 0.0938. The van der Waals surface area contributed by atoms with Gasteiger partial charge in [0.25, 0.3) is 0 Å². The Bertz CT molecular complexity index is 1130. The van der Waals surface area contributed by atoms with Crippen molar-refractivity contribution in [3.63, 3.8) is 0 Å². The average Bonchev–Trinajstić information content (AvgIpc) is 3.07. The maximum Gasteiger partial charge on any atom is 0.217 e. The monoisotopic (exact) mass is 732 g/mol. The van der Waals surface area contributed by atoms with Gasteiger partial charge in [-0.3, -0.25) is 9.59 Å². The molecule has 50 heavy (non-hydrogen) atoms. The second kappa shape index (κ2) is 17.4. The fourth-order valence-corrected chi connectivity index (χ4v) is 6.26. The molecule has 0 aromatic rings. The molecule has 4 heterocycles. The van der Waals surface area contributed by atoms with Gasteiger partial charge in [0.05, 0.1) is 25.9 Å². The fourth-order valence-electron chi connectivity index (χ4n) is 6.26. The van der Waals surface area contributed by atoms with E-state index >= 15 is 0 Å². The van der Waals surface area contributed by atoms with Crippen LogP contribution in [0.15, 0.2) is 0 Å². The van der Waals surface area contributed by atoms with Crippen molar-refractivity contribution in [2.75, 3.05) is 19.8 Å². The molecule has 20 atom stereocenters. The number of aliphatic hydroxyl groups is 11. The van der Waals surface area contributed by atoms with Gasteiger partial charge < -0.3 is 100.0 Å². The molecule has 0 aromatic carbocycles. The molecular weight excluding hydrogens is 684 g/mol. The van der Waals surface area contributed by atoms with E-state index in [0.29, 0.717) is 0 Å². The Balaban J connectivity index is 1.77. The highest BCUT2D eigenvalue weighted by atomic mass is 16.8. The Kier molecular flexibility index (Phi) is 14.2. The number of amides is 2. The van der Waals surface area contributed by atoms with Crippen LogP contribution in [0.4, 0.5) is 0 Å². The van der Waals surface area contributed by atoms with Crippen molar-refractivity contribution < 1.29 is 98.9 Å². The molecule has 4 rings (SSSR count). The van der Waals surface area contributed by atoms with E-state index in [0.717, 1.165) is 13.8 Å². The summed E-state index contributed by atoms with van der Waals surface area (Å²) in [5.74, 6) is -1.42. The summed E-state index contributed by atoms with van der Waals surface area (Å²) in [6, 6.07) is -3.09. The standard InChI is InChI=1S/C28H48N2O20/c1-7-15(36)20(41)21(42)27(44-7)50-24-23(49-26-13(29-8(2)34)19(40)16(37)10(4-31)46-26)18(39)12(6-33)47-28(24)48-22-14(30-9(3)35)25(43)45-11(5-32)17(22)38/h7,10-28,31-33,36-43H,4-6H2,1-3H3,(H,29,34)(H,30,35)/t7-,10+,11+,12+,13+,14+,15+,16-,17-,18-,19+,20+,21-,22+,23-,24+,25-,26?,27?,28?/m0/s1. The van der Waals surface area contributed by atoms with Crippen LogP contribution in [0.1, 0.15) is 20.8 Å². The van der Waals surface area contributed by atoms with Crippen molar-refractivity contribution in [2.45, 2.75) is 143 Å². The van der Waals surface area contributed by atoms with E-state index in [1.54, 1.807) is 0 Å². The molecule has 0 aromatic heterocycles. The van der Waals surface area contributed by atoms with Gasteiger partial charge in [-0.1, -0.05) is 0 Å². The minimum absolute atomic E-state index is 0.707. The fraction of sp³-hybridized carbons (Fsp3) is 0.929. The highest BCUT2D eigenvalue weighted by Gasteiger charge is 2.56. The first-order valence-corrected chi connectivity index (χ1v) is 15.9. The molecule has 0 bridgehead atoms. The molecule has 3 unspecified atom stereocenters. The largest absolute Gasteiger partial charge is 0.394 e. The first kappa shape index (κ1) is 41.0. The Morgan fingerprint density at radius 3 is 1.58 bits per heavy atom. The van der Waals surface area contributed by atoms with E-state index in [9.17, 15) is 65.8 Å². The molecule has 4 aliphatic rings. The number of nitrogens with one attached hydrogen (secondary N) is 2. The minimum Gasteiger partial charge on any atom is -0.394 e. The van der Waals surface area contributed by atoms with Gasteiger partial charge in [0.1, 0.15) is 91.4 Å². The zero-order valence-electron chi connectivity index (χ0n) is 27.3. The molecule has 0 spiro atoms. The van der Waals surface area contributed by atoms with Crippen LogP contribution in [0.25, 0.3) is 0 Å². The zero-order valence-corrected chi connectivity index (χ0v) is 27.3. The maximum absolute atomic E-state index is 12.1. The van der Waals surface area contributed by atoms with Crippen molar-refractivity contribution >= 4 is 11.8 Å². The second-order valence-corrected chi connectivity index (χ2v) is 12.6. The Morgan fingerprint density at radius 1 is 0.520 bits per heavy atom. The summed E-state index contributed by atoms with van der Waals surface area (Å²) >= 11 is 0. The first-order chi connectivity index (χ1) is 23.5. The molecule has 2 amide bonds. The summed E-state index contributed by atoms with van der Waals surface area (Å²) in [5, 5.41) is 120. The number of hydrogen-bond donors (Lipinski definition) is 13. The third-order valence-corrected chi connectivity index (χ3v) is 8.97.